The zero-order valence-electron chi connectivity index (χ0n) is 6.94. The molecular weight excluding hydrogens is 142 g/mol. The number of esters is 1. The van der Waals surface area contributed by atoms with E-state index >= 15 is 0 Å². The van der Waals surface area contributed by atoms with Crippen molar-refractivity contribution in [3.63, 3.8) is 0 Å². The first-order valence-corrected chi connectivity index (χ1v) is 3.77. The van der Waals surface area contributed by atoms with Crippen LogP contribution < -0.4 is 5.32 Å². The Labute approximate surface area is 66.4 Å². The maximum absolute atomic E-state index is 11.1. The van der Waals surface area contributed by atoms with Gasteiger partial charge in [-0.15, -0.1) is 0 Å². The molecule has 0 aromatic heterocycles. The summed E-state index contributed by atoms with van der Waals surface area (Å²) in [7, 11) is 1.41. The maximum atomic E-state index is 11.1. The Hall–Kier alpha value is -0.990. The van der Waals surface area contributed by atoms with Crippen LogP contribution in [0.4, 0.5) is 0 Å². The van der Waals surface area contributed by atoms with Crippen LogP contribution in [0.15, 0.2) is 11.3 Å². The SMILES string of the molecule is COC(=O)C1=C(C)NCCC1. The van der Waals surface area contributed by atoms with E-state index in [1.54, 1.807) is 0 Å². The van der Waals surface area contributed by atoms with Crippen LogP contribution in [0, 0.1) is 0 Å². The van der Waals surface area contributed by atoms with Crippen molar-refractivity contribution in [1.29, 1.82) is 0 Å². The van der Waals surface area contributed by atoms with Gasteiger partial charge in [0.1, 0.15) is 0 Å². The summed E-state index contributed by atoms with van der Waals surface area (Å²) in [5.74, 6) is -0.199. The third-order valence-corrected chi connectivity index (χ3v) is 1.88. The third kappa shape index (κ3) is 1.73. The second-order valence-electron chi connectivity index (χ2n) is 2.63. The van der Waals surface area contributed by atoms with Gasteiger partial charge in [0.05, 0.1) is 12.7 Å². The number of allylic oxidation sites excluding steroid dienone is 1. The molecule has 0 bridgehead atoms. The highest BCUT2D eigenvalue weighted by Crippen LogP contribution is 2.14. The Bertz CT molecular complexity index is 196. The van der Waals surface area contributed by atoms with E-state index in [1.807, 2.05) is 6.92 Å². The molecule has 0 amide bonds. The lowest BCUT2D eigenvalue weighted by atomic mass is 10.1. The topological polar surface area (TPSA) is 38.3 Å². The van der Waals surface area contributed by atoms with Gasteiger partial charge in [0, 0.05) is 12.2 Å². The maximum Gasteiger partial charge on any atom is 0.335 e. The summed E-state index contributed by atoms with van der Waals surface area (Å²) in [5, 5.41) is 3.13. The number of carbonyl (C=O) groups is 1. The molecule has 0 radical (unpaired) electrons. The predicted molar refractivity (Wildman–Crippen MR) is 42.0 cm³/mol. The van der Waals surface area contributed by atoms with Crippen LogP contribution in [-0.2, 0) is 9.53 Å². The van der Waals surface area contributed by atoms with Crippen molar-refractivity contribution >= 4 is 5.97 Å². The second-order valence-corrected chi connectivity index (χ2v) is 2.63. The molecule has 1 aliphatic rings. The minimum Gasteiger partial charge on any atom is -0.466 e. The number of carbonyl (C=O) groups excluding carboxylic acids is 1. The highest BCUT2D eigenvalue weighted by molar-refractivity contribution is 5.89. The Kier molecular flexibility index (Phi) is 2.52. The first kappa shape index (κ1) is 8.11. The fourth-order valence-corrected chi connectivity index (χ4v) is 1.21. The summed E-state index contributed by atoms with van der Waals surface area (Å²) in [6.07, 6.45) is 1.85. The van der Waals surface area contributed by atoms with Crippen molar-refractivity contribution in [2.45, 2.75) is 19.8 Å². The van der Waals surface area contributed by atoms with Gasteiger partial charge in [-0.3, -0.25) is 0 Å². The van der Waals surface area contributed by atoms with Crippen LogP contribution >= 0.6 is 0 Å². The molecule has 1 heterocycles. The Balaban J connectivity index is 2.74. The van der Waals surface area contributed by atoms with Gasteiger partial charge in [-0.05, 0) is 19.8 Å². The molecule has 11 heavy (non-hydrogen) atoms. The van der Waals surface area contributed by atoms with Gasteiger partial charge in [-0.2, -0.15) is 0 Å². The summed E-state index contributed by atoms with van der Waals surface area (Å²) in [4.78, 5) is 11.1. The van der Waals surface area contributed by atoms with E-state index < -0.39 is 0 Å². The largest absolute Gasteiger partial charge is 0.466 e. The van der Waals surface area contributed by atoms with E-state index in [0.29, 0.717) is 0 Å². The molecule has 1 N–H and O–H groups in total. The highest BCUT2D eigenvalue weighted by atomic mass is 16.5. The number of methoxy groups -OCH3 is 1. The monoisotopic (exact) mass is 155 g/mol. The molecule has 0 atom stereocenters. The smallest absolute Gasteiger partial charge is 0.335 e. The van der Waals surface area contributed by atoms with Gasteiger partial charge < -0.3 is 10.1 Å². The van der Waals surface area contributed by atoms with Crippen LogP contribution in [0.25, 0.3) is 0 Å². The van der Waals surface area contributed by atoms with Gasteiger partial charge in [-0.25, -0.2) is 4.79 Å². The standard InChI is InChI=1S/C8H13NO2/c1-6-7(8(10)11-2)4-3-5-9-6/h9H,3-5H2,1-2H3. The first-order valence-electron chi connectivity index (χ1n) is 3.77. The second kappa shape index (κ2) is 3.42. The zero-order valence-corrected chi connectivity index (χ0v) is 6.94. The highest BCUT2D eigenvalue weighted by Gasteiger charge is 2.15. The molecule has 0 aromatic rings. The van der Waals surface area contributed by atoms with Crippen LogP contribution in [0.3, 0.4) is 0 Å². The molecule has 0 unspecified atom stereocenters. The van der Waals surface area contributed by atoms with E-state index in [4.69, 9.17) is 0 Å². The van der Waals surface area contributed by atoms with E-state index in [1.165, 1.54) is 7.11 Å². The number of rotatable bonds is 1. The molecular formula is C8H13NO2. The van der Waals surface area contributed by atoms with Crippen LogP contribution in [0.2, 0.25) is 0 Å². The zero-order chi connectivity index (χ0) is 8.27. The van der Waals surface area contributed by atoms with Crippen molar-refractivity contribution in [1.82, 2.24) is 5.32 Å². The van der Waals surface area contributed by atoms with E-state index in [2.05, 4.69) is 10.1 Å². The molecule has 62 valence electrons. The molecule has 0 spiro atoms. The summed E-state index contributed by atoms with van der Waals surface area (Å²) in [5.41, 5.74) is 1.75. The lowest BCUT2D eigenvalue weighted by molar-refractivity contribution is -0.136. The minimum atomic E-state index is -0.199. The van der Waals surface area contributed by atoms with Crippen molar-refractivity contribution in [2.24, 2.45) is 0 Å². The summed E-state index contributed by atoms with van der Waals surface area (Å²) >= 11 is 0. The minimum absolute atomic E-state index is 0.199. The summed E-state index contributed by atoms with van der Waals surface area (Å²) in [6.45, 7) is 2.87. The number of hydrogen-bond donors (Lipinski definition) is 1. The molecule has 1 rings (SSSR count). The molecule has 0 aliphatic carbocycles. The normalized spacial score (nSPS) is 17.6. The Morgan fingerprint density at radius 2 is 2.36 bits per heavy atom. The molecule has 0 saturated heterocycles. The summed E-state index contributed by atoms with van der Waals surface area (Å²) < 4.78 is 4.62. The fourth-order valence-electron chi connectivity index (χ4n) is 1.21. The molecule has 0 saturated carbocycles. The van der Waals surface area contributed by atoms with Crippen LogP contribution in [0.5, 0.6) is 0 Å². The van der Waals surface area contributed by atoms with Crippen LogP contribution in [0.1, 0.15) is 19.8 Å². The van der Waals surface area contributed by atoms with Crippen molar-refractivity contribution in [3.05, 3.63) is 11.3 Å². The van der Waals surface area contributed by atoms with E-state index in [9.17, 15) is 4.79 Å². The van der Waals surface area contributed by atoms with E-state index in [-0.39, 0.29) is 5.97 Å². The quantitative estimate of drug-likeness (QED) is 0.570. The number of nitrogens with one attached hydrogen (secondary N) is 1. The van der Waals surface area contributed by atoms with Crippen molar-refractivity contribution in [3.8, 4) is 0 Å². The lowest BCUT2D eigenvalue weighted by Gasteiger charge is -2.17. The molecule has 1 aliphatic heterocycles. The lowest BCUT2D eigenvalue weighted by Crippen LogP contribution is -2.23. The van der Waals surface area contributed by atoms with Crippen molar-refractivity contribution in [2.75, 3.05) is 13.7 Å². The van der Waals surface area contributed by atoms with Gasteiger partial charge in [0.2, 0.25) is 0 Å². The van der Waals surface area contributed by atoms with Gasteiger partial charge in [0.15, 0.2) is 0 Å². The average Bonchev–Trinajstić information content (AvgIpc) is 2.04. The Morgan fingerprint density at radius 3 is 2.91 bits per heavy atom. The molecule has 3 heteroatoms. The third-order valence-electron chi connectivity index (χ3n) is 1.88. The van der Waals surface area contributed by atoms with Gasteiger partial charge in [-0.1, -0.05) is 0 Å². The summed E-state index contributed by atoms with van der Waals surface area (Å²) in [6, 6.07) is 0. The molecule has 3 nitrogen and oxygen atoms in total. The van der Waals surface area contributed by atoms with Crippen LogP contribution in [-0.4, -0.2) is 19.6 Å². The Morgan fingerprint density at radius 1 is 1.64 bits per heavy atom. The van der Waals surface area contributed by atoms with Gasteiger partial charge in [0.25, 0.3) is 0 Å². The van der Waals surface area contributed by atoms with Crippen molar-refractivity contribution < 1.29 is 9.53 Å². The number of ether oxygens (including phenoxy) is 1. The fraction of sp³-hybridized carbons (Fsp3) is 0.625. The average molecular weight is 155 g/mol. The predicted octanol–water partition coefficient (Wildman–Crippen LogP) is 0.817. The first-order chi connectivity index (χ1) is 5.25. The number of hydrogen-bond acceptors (Lipinski definition) is 3. The van der Waals surface area contributed by atoms with Gasteiger partial charge >= 0.3 is 5.97 Å². The molecule has 0 fully saturated rings. The van der Waals surface area contributed by atoms with E-state index in [0.717, 1.165) is 30.7 Å². The molecule has 0 aromatic carbocycles.